The molecule has 1 aliphatic rings. The minimum atomic E-state index is -1.00. The highest BCUT2D eigenvalue weighted by molar-refractivity contribution is 5.35. The van der Waals surface area contributed by atoms with E-state index >= 15 is 0 Å². The normalized spacial score (nSPS) is 18.6. The molecule has 1 aliphatic heterocycles. The Kier molecular flexibility index (Phi) is 4.35. The second kappa shape index (κ2) is 6.41. The van der Waals surface area contributed by atoms with Crippen molar-refractivity contribution in [2.45, 2.75) is 12.6 Å². The molecule has 1 aromatic carbocycles. The van der Waals surface area contributed by atoms with Crippen molar-refractivity contribution >= 4 is 5.82 Å². The van der Waals surface area contributed by atoms with Crippen LogP contribution < -0.4 is 10.6 Å². The lowest BCUT2D eigenvalue weighted by atomic mass is 10.1. The van der Waals surface area contributed by atoms with E-state index in [-0.39, 0.29) is 12.1 Å². The van der Waals surface area contributed by atoms with Gasteiger partial charge in [-0.25, -0.2) is 13.5 Å². The average Bonchev–Trinajstić information content (AvgIpc) is 2.94. The minimum absolute atomic E-state index is 0.102. The molecule has 0 unspecified atom stereocenters. The highest BCUT2D eigenvalue weighted by Gasteiger charge is 2.19. The maximum absolute atomic E-state index is 13.6. The van der Waals surface area contributed by atoms with Crippen molar-refractivity contribution in [3.63, 3.8) is 0 Å². The smallest absolute Gasteiger partial charge is 0.131 e. The van der Waals surface area contributed by atoms with Crippen LogP contribution >= 0.6 is 0 Å². The summed E-state index contributed by atoms with van der Waals surface area (Å²) in [5.74, 6) is -0.0399. The van der Waals surface area contributed by atoms with E-state index in [4.69, 9.17) is 0 Å². The molecule has 0 saturated carbocycles. The lowest BCUT2D eigenvalue weighted by Gasteiger charge is -2.25. The van der Waals surface area contributed by atoms with E-state index in [9.17, 15) is 13.9 Å². The standard InChI is InChI=1S/C15H18F2N4O/c16-11-1-2-12(13(17)5-11)14(22)8-18-6-10-7-19-15-3-4-20-21(15)9-10/h1-5,10,14,18-19,22H,6-9H2/t10-,14+/m0/s1. The van der Waals surface area contributed by atoms with Gasteiger partial charge in [-0.15, -0.1) is 0 Å². The number of nitrogens with one attached hydrogen (secondary N) is 2. The first kappa shape index (κ1) is 14.9. The van der Waals surface area contributed by atoms with Crippen LogP contribution in [0.1, 0.15) is 11.7 Å². The molecule has 0 amide bonds. The lowest BCUT2D eigenvalue weighted by Crippen LogP contribution is -2.36. The van der Waals surface area contributed by atoms with Crippen molar-refractivity contribution in [3.05, 3.63) is 47.7 Å². The summed E-state index contributed by atoms with van der Waals surface area (Å²) in [4.78, 5) is 0. The largest absolute Gasteiger partial charge is 0.387 e. The van der Waals surface area contributed by atoms with E-state index in [0.717, 1.165) is 31.0 Å². The van der Waals surface area contributed by atoms with Gasteiger partial charge in [0.2, 0.25) is 0 Å². The predicted octanol–water partition coefficient (Wildman–Crippen LogP) is 1.53. The quantitative estimate of drug-likeness (QED) is 0.784. The number of anilines is 1. The Balaban J connectivity index is 1.49. The number of aliphatic hydroxyl groups excluding tert-OH is 1. The first-order valence-electron chi connectivity index (χ1n) is 7.23. The predicted molar refractivity (Wildman–Crippen MR) is 78.4 cm³/mol. The van der Waals surface area contributed by atoms with Crippen molar-refractivity contribution in [2.75, 3.05) is 25.0 Å². The monoisotopic (exact) mass is 308 g/mol. The topological polar surface area (TPSA) is 62.1 Å². The molecule has 0 spiro atoms. The van der Waals surface area contributed by atoms with Gasteiger partial charge < -0.3 is 15.7 Å². The van der Waals surface area contributed by atoms with E-state index in [2.05, 4.69) is 15.7 Å². The van der Waals surface area contributed by atoms with E-state index < -0.39 is 17.7 Å². The fourth-order valence-corrected chi connectivity index (χ4v) is 2.63. The number of nitrogens with zero attached hydrogens (tertiary/aromatic N) is 2. The number of aliphatic hydroxyl groups is 1. The molecule has 0 aliphatic carbocycles. The summed E-state index contributed by atoms with van der Waals surface area (Å²) in [6.07, 6.45) is 0.747. The van der Waals surface area contributed by atoms with Crippen LogP contribution in [0.5, 0.6) is 0 Å². The Morgan fingerprint density at radius 2 is 2.27 bits per heavy atom. The van der Waals surface area contributed by atoms with Gasteiger partial charge in [-0.05, 0) is 6.07 Å². The zero-order valence-corrected chi connectivity index (χ0v) is 12.0. The first-order chi connectivity index (χ1) is 10.6. The zero-order chi connectivity index (χ0) is 15.5. The van der Waals surface area contributed by atoms with Gasteiger partial charge >= 0.3 is 0 Å². The second-order valence-corrected chi connectivity index (χ2v) is 5.49. The Labute approximate surface area is 127 Å². The molecule has 2 atom stereocenters. The highest BCUT2D eigenvalue weighted by atomic mass is 19.1. The Bertz CT molecular complexity index is 646. The molecule has 1 aromatic heterocycles. The van der Waals surface area contributed by atoms with Crippen molar-refractivity contribution < 1.29 is 13.9 Å². The molecule has 2 heterocycles. The van der Waals surface area contributed by atoms with Crippen LogP contribution in [0.15, 0.2) is 30.5 Å². The van der Waals surface area contributed by atoms with Crippen LogP contribution in [0.25, 0.3) is 0 Å². The zero-order valence-electron chi connectivity index (χ0n) is 12.0. The van der Waals surface area contributed by atoms with Crippen LogP contribution in [0.2, 0.25) is 0 Å². The SMILES string of the molecule is O[C@H](CNC[C@H]1CNc2ccnn2C1)c1ccc(F)cc1F. The van der Waals surface area contributed by atoms with Gasteiger partial charge in [-0.2, -0.15) is 5.10 Å². The number of fused-ring (bicyclic) bond motifs is 1. The third-order valence-corrected chi connectivity index (χ3v) is 3.81. The molecule has 7 heteroatoms. The molecule has 2 aromatic rings. The Morgan fingerprint density at radius 1 is 1.41 bits per heavy atom. The van der Waals surface area contributed by atoms with Crippen LogP contribution in [-0.4, -0.2) is 34.5 Å². The molecule has 118 valence electrons. The maximum atomic E-state index is 13.6. The van der Waals surface area contributed by atoms with Crippen molar-refractivity contribution in [1.29, 1.82) is 0 Å². The number of hydrogen-bond donors (Lipinski definition) is 3. The molecule has 0 saturated heterocycles. The van der Waals surface area contributed by atoms with E-state index in [0.29, 0.717) is 12.5 Å². The molecule has 0 fully saturated rings. The first-order valence-corrected chi connectivity index (χ1v) is 7.23. The van der Waals surface area contributed by atoms with Crippen LogP contribution in [-0.2, 0) is 6.54 Å². The fraction of sp³-hybridized carbons (Fsp3) is 0.400. The van der Waals surface area contributed by atoms with Crippen LogP contribution in [0.4, 0.5) is 14.6 Å². The third kappa shape index (κ3) is 3.26. The second-order valence-electron chi connectivity index (χ2n) is 5.49. The number of aromatic nitrogens is 2. The number of benzene rings is 1. The van der Waals surface area contributed by atoms with Gasteiger partial charge in [0.25, 0.3) is 0 Å². The highest BCUT2D eigenvalue weighted by Crippen LogP contribution is 2.18. The number of hydrogen-bond acceptors (Lipinski definition) is 4. The van der Waals surface area contributed by atoms with Crippen LogP contribution in [0.3, 0.4) is 0 Å². The van der Waals surface area contributed by atoms with E-state index in [1.807, 2.05) is 10.7 Å². The van der Waals surface area contributed by atoms with Crippen molar-refractivity contribution in [1.82, 2.24) is 15.1 Å². The van der Waals surface area contributed by atoms with Crippen LogP contribution in [0, 0.1) is 17.6 Å². The summed E-state index contributed by atoms with van der Waals surface area (Å²) in [7, 11) is 0. The molecular weight excluding hydrogens is 290 g/mol. The van der Waals surface area contributed by atoms with E-state index in [1.165, 1.54) is 6.07 Å². The molecule has 22 heavy (non-hydrogen) atoms. The van der Waals surface area contributed by atoms with E-state index in [1.54, 1.807) is 6.20 Å². The third-order valence-electron chi connectivity index (χ3n) is 3.81. The Morgan fingerprint density at radius 3 is 3.09 bits per heavy atom. The molecule has 0 bridgehead atoms. The maximum Gasteiger partial charge on any atom is 0.131 e. The Hall–Kier alpha value is -1.99. The fourth-order valence-electron chi connectivity index (χ4n) is 2.63. The summed E-state index contributed by atoms with van der Waals surface area (Å²) in [6.45, 7) is 2.50. The summed E-state index contributed by atoms with van der Waals surface area (Å²) in [6, 6.07) is 5.12. The summed E-state index contributed by atoms with van der Waals surface area (Å²) >= 11 is 0. The summed E-state index contributed by atoms with van der Waals surface area (Å²) < 4.78 is 28.3. The number of halogens is 2. The van der Waals surface area contributed by atoms with Gasteiger partial charge in [0, 0.05) is 49.8 Å². The van der Waals surface area contributed by atoms with Gasteiger partial charge in [0.05, 0.1) is 12.3 Å². The number of rotatable bonds is 5. The summed E-state index contributed by atoms with van der Waals surface area (Å²) in [5.41, 5.74) is 0.102. The molecule has 0 radical (unpaired) electrons. The molecule has 3 N–H and O–H groups in total. The summed E-state index contributed by atoms with van der Waals surface area (Å²) in [5, 5.41) is 20.6. The van der Waals surface area contributed by atoms with Crippen molar-refractivity contribution in [3.8, 4) is 0 Å². The average molecular weight is 308 g/mol. The lowest BCUT2D eigenvalue weighted by molar-refractivity contribution is 0.167. The van der Waals surface area contributed by atoms with Gasteiger partial charge in [0.15, 0.2) is 0 Å². The van der Waals surface area contributed by atoms with Crippen molar-refractivity contribution in [2.24, 2.45) is 5.92 Å². The molecular formula is C15H18F2N4O. The molecule has 5 nitrogen and oxygen atoms in total. The van der Waals surface area contributed by atoms with Gasteiger partial charge in [-0.1, -0.05) is 6.07 Å². The minimum Gasteiger partial charge on any atom is -0.387 e. The van der Waals surface area contributed by atoms with Gasteiger partial charge in [0.1, 0.15) is 17.5 Å². The van der Waals surface area contributed by atoms with Gasteiger partial charge in [-0.3, -0.25) is 0 Å². The molecule has 3 rings (SSSR count).